The minimum absolute atomic E-state index is 0.739. The average Bonchev–Trinajstić information content (AvgIpc) is 2.20. The maximum atomic E-state index is 5.89. The molecule has 0 nitrogen and oxygen atoms in total. The van der Waals surface area contributed by atoms with Gasteiger partial charge < -0.3 is 0 Å². The van der Waals surface area contributed by atoms with Gasteiger partial charge in [0.05, 0.1) is 0 Å². The van der Waals surface area contributed by atoms with Gasteiger partial charge in [-0.15, -0.1) is 0 Å². The summed E-state index contributed by atoms with van der Waals surface area (Å²) in [6, 6.07) is 14.0. The third-order valence-corrected chi connectivity index (χ3v) is 3.51. The van der Waals surface area contributed by atoms with E-state index in [-0.39, 0.29) is 0 Å². The molecule has 0 aliphatic carbocycles. The van der Waals surface area contributed by atoms with Gasteiger partial charge in [-0.2, -0.15) is 0 Å². The van der Waals surface area contributed by atoms with Crippen LogP contribution in [-0.4, -0.2) is 0 Å². The van der Waals surface area contributed by atoms with Crippen LogP contribution in [0.5, 0.6) is 0 Å². The van der Waals surface area contributed by atoms with Gasteiger partial charge in [-0.1, -0.05) is 61.7 Å². The van der Waals surface area contributed by atoms with Gasteiger partial charge in [0.2, 0.25) is 0 Å². The van der Waals surface area contributed by atoms with E-state index in [1.54, 1.807) is 0 Å². The zero-order chi connectivity index (χ0) is 10.8. The first-order chi connectivity index (χ1) is 7.16. The van der Waals surface area contributed by atoms with Gasteiger partial charge >= 0.3 is 0 Å². The molecule has 0 radical (unpaired) electrons. The molecule has 0 saturated carbocycles. The summed E-state index contributed by atoms with van der Waals surface area (Å²) in [5, 5.41) is 0.739. The SMILES string of the molecule is Clc1ccc(-c2ccc(Br)cc2)c(Br)c1. The number of hydrogen-bond donors (Lipinski definition) is 0. The van der Waals surface area contributed by atoms with E-state index >= 15 is 0 Å². The first-order valence-corrected chi connectivity index (χ1v) is 6.34. The Hall–Kier alpha value is -0.310. The van der Waals surface area contributed by atoms with Crippen LogP contribution in [0.2, 0.25) is 5.02 Å². The van der Waals surface area contributed by atoms with Crippen LogP contribution in [0.15, 0.2) is 51.4 Å². The summed E-state index contributed by atoms with van der Waals surface area (Å²) in [4.78, 5) is 0. The molecule has 0 saturated heterocycles. The number of benzene rings is 2. The summed E-state index contributed by atoms with van der Waals surface area (Å²) >= 11 is 12.8. The second-order valence-electron chi connectivity index (χ2n) is 3.13. The predicted molar refractivity (Wildman–Crippen MR) is 72.3 cm³/mol. The van der Waals surface area contributed by atoms with Crippen molar-refractivity contribution >= 4 is 43.5 Å². The van der Waals surface area contributed by atoms with Gasteiger partial charge in [0, 0.05) is 14.0 Å². The van der Waals surface area contributed by atoms with Crippen LogP contribution in [0.3, 0.4) is 0 Å². The van der Waals surface area contributed by atoms with E-state index in [1.807, 2.05) is 30.3 Å². The third kappa shape index (κ3) is 2.63. The molecule has 0 aliphatic rings. The van der Waals surface area contributed by atoms with Gasteiger partial charge in [0.25, 0.3) is 0 Å². The van der Waals surface area contributed by atoms with Crippen molar-refractivity contribution in [3.05, 3.63) is 56.4 Å². The Balaban J connectivity index is 2.49. The third-order valence-electron chi connectivity index (χ3n) is 2.09. The molecule has 0 spiro atoms. The molecule has 0 heterocycles. The van der Waals surface area contributed by atoms with Gasteiger partial charge in [0.1, 0.15) is 0 Å². The van der Waals surface area contributed by atoms with Crippen molar-refractivity contribution in [2.45, 2.75) is 0 Å². The minimum atomic E-state index is 0.739. The molecule has 2 aromatic carbocycles. The van der Waals surface area contributed by atoms with Crippen LogP contribution >= 0.6 is 43.5 Å². The summed E-state index contributed by atoms with van der Waals surface area (Å²) in [5.74, 6) is 0. The molecule has 0 fully saturated rings. The zero-order valence-electron chi connectivity index (χ0n) is 7.68. The molecule has 0 amide bonds. The fourth-order valence-electron chi connectivity index (χ4n) is 1.35. The molecular weight excluding hydrogens is 339 g/mol. The Kier molecular flexibility index (Phi) is 3.49. The van der Waals surface area contributed by atoms with E-state index < -0.39 is 0 Å². The van der Waals surface area contributed by atoms with Gasteiger partial charge in [-0.05, 0) is 35.4 Å². The summed E-state index contributed by atoms with van der Waals surface area (Å²) in [6.45, 7) is 0. The molecule has 2 aromatic rings. The van der Waals surface area contributed by atoms with Crippen LogP contribution in [-0.2, 0) is 0 Å². The van der Waals surface area contributed by atoms with Crippen molar-refractivity contribution in [3.8, 4) is 11.1 Å². The zero-order valence-corrected chi connectivity index (χ0v) is 11.6. The highest BCUT2D eigenvalue weighted by atomic mass is 79.9. The molecule has 3 heteroatoms. The van der Waals surface area contributed by atoms with E-state index in [1.165, 1.54) is 5.56 Å². The van der Waals surface area contributed by atoms with Crippen molar-refractivity contribution in [3.63, 3.8) is 0 Å². The van der Waals surface area contributed by atoms with E-state index in [0.29, 0.717) is 0 Å². The molecule has 0 aliphatic heterocycles. The summed E-state index contributed by atoms with van der Waals surface area (Å²) in [6.07, 6.45) is 0. The fourth-order valence-corrected chi connectivity index (χ4v) is 2.53. The standard InChI is InChI=1S/C12H7Br2Cl/c13-9-3-1-8(2-4-9)11-6-5-10(15)7-12(11)14/h1-7H. The lowest BCUT2D eigenvalue weighted by molar-refractivity contribution is 1.57. The molecule has 0 bridgehead atoms. The van der Waals surface area contributed by atoms with Crippen LogP contribution < -0.4 is 0 Å². The van der Waals surface area contributed by atoms with E-state index in [9.17, 15) is 0 Å². The van der Waals surface area contributed by atoms with E-state index in [4.69, 9.17) is 11.6 Å². The largest absolute Gasteiger partial charge is 0.0843 e. The van der Waals surface area contributed by atoms with Gasteiger partial charge in [-0.3, -0.25) is 0 Å². The van der Waals surface area contributed by atoms with Crippen molar-refractivity contribution in [2.24, 2.45) is 0 Å². The maximum absolute atomic E-state index is 5.89. The molecule has 76 valence electrons. The Morgan fingerprint density at radius 3 is 2.13 bits per heavy atom. The molecule has 15 heavy (non-hydrogen) atoms. The Morgan fingerprint density at radius 2 is 1.53 bits per heavy atom. The quantitative estimate of drug-likeness (QED) is 0.637. The maximum Gasteiger partial charge on any atom is 0.0417 e. The fraction of sp³-hybridized carbons (Fsp3) is 0. The molecular formula is C12H7Br2Cl. The number of halogens is 3. The molecule has 0 unspecified atom stereocenters. The van der Waals surface area contributed by atoms with Crippen LogP contribution in [0.1, 0.15) is 0 Å². The van der Waals surface area contributed by atoms with Crippen molar-refractivity contribution in [1.82, 2.24) is 0 Å². The summed E-state index contributed by atoms with van der Waals surface area (Å²) < 4.78 is 2.09. The minimum Gasteiger partial charge on any atom is -0.0843 e. The van der Waals surface area contributed by atoms with Crippen LogP contribution in [0.25, 0.3) is 11.1 Å². The topological polar surface area (TPSA) is 0 Å². The molecule has 0 N–H and O–H groups in total. The number of hydrogen-bond acceptors (Lipinski definition) is 0. The van der Waals surface area contributed by atoms with Crippen LogP contribution in [0, 0.1) is 0 Å². The van der Waals surface area contributed by atoms with Crippen molar-refractivity contribution in [2.75, 3.05) is 0 Å². The van der Waals surface area contributed by atoms with Crippen LogP contribution in [0.4, 0.5) is 0 Å². The monoisotopic (exact) mass is 344 g/mol. The molecule has 0 aromatic heterocycles. The van der Waals surface area contributed by atoms with Crippen molar-refractivity contribution < 1.29 is 0 Å². The second-order valence-corrected chi connectivity index (χ2v) is 5.34. The predicted octanol–water partition coefficient (Wildman–Crippen LogP) is 5.53. The summed E-state index contributed by atoms with van der Waals surface area (Å²) in [5.41, 5.74) is 2.31. The molecule has 0 atom stereocenters. The van der Waals surface area contributed by atoms with E-state index in [2.05, 4.69) is 44.0 Å². The normalized spacial score (nSPS) is 10.3. The first-order valence-electron chi connectivity index (χ1n) is 4.38. The van der Waals surface area contributed by atoms with E-state index in [0.717, 1.165) is 19.5 Å². The van der Waals surface area contributed by atoms with Gasteiger partial charge in [0.15, 0.2) is 0 Å². The highest BCUT2D eigenvalue weighted by Gasteiger charge is 2.03. The Bertz CT molecular complexity index is 477. The average molecular weight is 346 g/mol. The number of rotatable bonds is 1. The lowest BCUT2D eigenvalue weighted by Gasteiger charge is -2.05. The second kappa shape index (κ2) is 4.69. The highest BCUT2D eigenvalue weighted by molar-refractivity contribution is 9.10. The first kappa shape index (κ1) is 11.2. The lowest BCUT2D eigenvalue weighted by atomic mass is 10.1. The van der Waals surface area contributed by atoms with Crippen molar-refractivity contribution in [1.29, 1.82) is 0 Å². The summed E-state index contributed by atoms with van der Waals surface area (Å²) in [7, 11) is 0. The Morgan fingerprint density at radius 1 is 0.867 bits per heavy atom. The lowest BCUT2D eigenvalue weighted by Crippen LogP contribution is -1.79. The van der Waals surface area contributed by atoms with Gasteiger partial charge in [-0.25, -0.2) is 0 Å². The highest BCUT2D eigenvalue weighted by Crippen LogP contribution is 2.31. The Labute approximate surface area is 111 Å². The molecule has 2 rings (SSSR count). The smallest absolute Gasteiger partial charge is 0.0417 e.